The zero-order valence-electron chi connectivity index (χ0n) is 15.7. The Hall–Kier alpha value is -2.70. The molecule has 146 valence electrons. The van der Waals surface area contributed by atoms with E-state index in [9.17, 15) is 9.59 Å². The number of nitrogens with zero attached hydrogens (tertiary/aromatic N) is 1. The van der Waals surface area contributed by atoms with E-state index in [2.05, 4.69) is 0 Å². The molecule has 0 N–H and O–H groups in total. The van der Waals surface area contributed by atoms with Crippen LogP contribution in [-0.4, -0.2) is 56.8 Å². The summed E-state index contributed by atoms with van der Waals surface area (Å²) in [5.41, 5.74) is 0.781. The lowest BCUT2D eigenvalue weighted by Gasteiger charge is -2.30. The maximum absolute atomic E-state index is 12.5. The van der Waals surface area contributed by atoms with Gasteiger partial charge in [-0.2, -0.15) is 0 Å². The van der Waals surface area contributed by atoms with Crippen molar-refractivity contribution in [3.05, 3.63) is 23.8 Å². The number of likely N-dealkylation sites (tertiary alicyclic amines) is 1. The van der Waals surface area contributed by atoms with Gasteiger partial charge in [0.05, 0.1) is 19.6 Å². The van der Waals surface area contributed by atoms with Crippen LogP contribution in [0, 0.1) is 5.92 Å². The molecule has 0 spiro atoms. The number of carbonyl (C=O) groups is 2. The molecule has 1 amide bonds. The minimum absolute atomic E-state index is 0.127. The van der Waals surface area contributed by atoms with Crippen LogP contribution in [0.2, 0.25) is 0 Å². The molecule has 2 aliphatic heterocycles. The summed E-state index contributed by atoms with van der Waals surface area (Å²) in [4.78, 5) is 26.2. The normalized spacial score (nSPS) is 19.0. The van der Waals surface area contributed by atoms with Crippen molar-refractivity contribution < 1.29 is 28.5 Å². The summed E-state index contributed by atoms with van der Waals surface area (Å²) in [7, 11) is 1.56. The van der Waals surface area contributed by atoms with Crippen LogP contribution in [0.25, 0.3) is 6.08 Å². The maximum atomic E-state index is 12.5. The van der Waals surface area contributed by atoms with E-state index in [-0.39, 0.29) is 17.8 Å². The Bertz CT molecular complexity index is 712. The summed E-state index contributed by atoms with van der Waals surface area (Å²) in [6.45, 7) is 4.14. The molecule has 1 atom stereocenters. The first-order valence-electron chi connectivity index (χ1n) is 9.23. The van der Waals surface area contributed by atoms with Crippen LogP contribution in [0.5, 0.6) is 17.2 Å². The van der Waals surface area contributed by atoms with E-state index in [0.29, 0.717) is 50.2 Å². The van der Waals surface area contributed by atoms with Crippen molar-refractivity contribution in [3.8, 4) is 17.2 Å². The van der Waals surface area contributed by atoms with Crippen molar-refractivity contribution in [2.45, 2.75) is 19.8 Å². The summed E-state index contributed by atoms with van der Waals surface area (Å²) < 4.78 is 21.6. The van der Waals surface area contributed by atoms with E-state index < -0.39 is 0 Å². The molecule has 1 aromatic rings. The SMILES string of the molecule is CCOC(=O)C1CCCN(C(=O)/C=C/c2cc(OC)c3c(c2)OCCO3)C1. The van der Waals surface area contributed by atoms with Gasteiger partial charge in [-0.05, 0) is 43.5 Å². The van der Waals surface area contributed by atoms with Crippen LogP contribution in [-0.2, 0) is 14.3 Å². The fourth-order valence-electron chi connectivity index (χ4n) is 3.29. The highest BCUT2D eigenvalue weighted by molar-refractivity contribution is 5.92. The third-order valence-corrected chi connectivity index (χ3v) is 4.62. The number of piperidine rings is 1. The summed E-state index contributed by atoms with van der Waals surface area (Å²) in [5, 5.41) is 0. The van der Waals surface area contributed by atoms with E-state index in [1.54, 1.807) is 31.1 Å². The van der Waals surface area contributed by atoms with Crippen molar-refractivity contribution >= 4 is 18.0 Å². The molecule has 2 aliphatic rings. The molecule has 7 heteroatoms. The van der Waals surface area contributed by atoms with Crippen molar-refractivity contribution in [2.75, 3.05) is 40.0 Å². The van der Waals surface area contributed by atoms with Gasteiger partial charge in [0, 0.05) is 19.2 Å². The van der Waals surface area contributed by atoms with Crippen LogP contribution in [0.3, 0.4) is 0 Å². The van der Waals surface area contributed by atoms with E-state index >= 15 is 0 Å². The summed E-state index contributed by atoms with van der Waals surface area (Å²) in [5.74, 6) is 1.16. The van der Waals surface area contributed by atoms with Crippen LogP contribution in [0.15, 0.2) is 18.2 Å². The zero-order valence-corrected chi connectivity index (χ0v) is 15.7. The monoisotopic (exact) mass is 375 g/mol. The van der Waals surface area contributed by atoms with Crippen LogP contribution < -0.4 is 14.2 Å². The highest BCUT2D eigenvalue weighted by atomic mass is 16.6. The molecule has 2 heterocycles. The largest absolute Gasteiger partial charge is 0.493 e. The van der Waals surface area contributed by atoms with E-state index in [1.807, 2.05) is 6.07 Å². The lowest BCUT2D eigenvalue weighted by Crippen LogP contribution is -2.42. The van der Waals surface area contributed by atoms with Crippen LogP contribution >= 0.6 is 0 Å². The first kappa shape index (κ1) is 19.1. The second-order valence-corrected chi connectivity index (χ2v) is 6.46. The third-order valence-electron chi connectivity index (χ3n) is 4.62. The third kappa shape index (κ3) is 4.53. The number of benzene rings is 1. The number of esters is 1. The smallest absolute Gasteiger partial charge is 0.310 e. The fraction of sp³-hybridized carbons (Fsp3) is 0.500. The number of hydrogen-bond donors (Lipinski definition) is 0. The van der Waals surface area contributed by atoms with Gasteiger partial charge in [0.15, 0.2) is 11.5 Å². The zero-order chi connectivity index (χ0) is 19.2. The van der Waals surface area contributed by atoms with Gasteiger partial charge >= 0.3 is 5.97 Å². The minimum atomic E-state index is -0.245. The minimum Gasteiger partial charge on any atom is -0.493 e. The molecule has 1 aromatic carbocycles. The highest BCUT2D eigenvalue weighted by Gasteiger charge is 2.28. The van der Waals surface area contributed by atoms with Gasteiger partial charge in [-0.15, -0.1) is 0 Å². The topological polar surface area (TPSA) is 74.3 Å². The summed E-state index contributed by atoms with van der Waals surface area (Å²) >= 11 is 0. The molecule has 1 saturated heterocycles. The molecule has 0 aromatic heterocycles. The first-order chi connectivity index (χ1) is 13.1. The van der Waals surface area contributed by atoms with Gasteiger partial charge in [-0.1, -0.05) is 0 Å². The molecule has 0 saturated carbocycles. The Labute approximate surface area is 158 Å². The Morgan fingerprint density at radius 3 is 2.89 bits per heavy atom. The number of carbonyl (C=O) groups excluding carboxylic acids is 2. The first-order valence-corrected chi connectivity index (χ1v) is 9.23. The molecule has 1 fully saturated rings. The number of hydrogen-bond acceptors (Lipinski definition) is 6. The second kappa shape index (κ2) is 8.79. The lowest BCUT2D eigenvalue weighted by atomic mass is 9.98. The highest BCUT2D eigenvalue weighted by Crippen LogP contribution is 2.40. The number of amides is 1. The lowest BCUT2D eigenvalue weighted by molar-refractivity contribution is -0.150. The van der Waals surface area contributed by atoms with Crippen molar-refractivity contribution in [2.24, 2.45) is 5.92 Å². The predicted octanol–water partition coefficient (Wildman–Crippen LogP) is 2.28. The molecule has 0 radical (unpaired) electrons. The molecular formula is C20H25NO6. The predicted molar refractivity (Wildman–Crippen MR) is 99.0 cm³/mol. The van der Waals surface area contributed by atoms with Gasteiger partial charge in [0.1, 0.15) is 13.2 Å². The van der Waals surface area contributed by atoms with Crippen molar-refractivity contribution in [3.63, 3.8) is 0 Å². The van der Waals surface area contributed by atoms with Gasteiger partial charge in [0.2, 0.25) is 11.7 Å². The van der Waals surface area contributed by atoms with E-state index in [4.69, 9.17) is 18.9 Å². The Morgan fingerprint density at radius 2 is 2.11 bits per heavy atom. The average molecular weight is 375 g/mol. The molecule has 27 heavy (non-hydrogen) atoms. The Morgan fingerprint density at radius 1 is 1.30 bits per heavy atom. The molecular weight excluding hydrogens is 350 g/mol. The Kier molecular flexibility index (Phi) is 6.21. The quantitative estimate of drug-likeness (QED) is 0.581. The Balaban J connectivity index is 1.68. The fourth-order valence-corrected chi connectivity index (χ4v) is 3.29. The maximum Gasteiger partial charge on any atom is 0.310 e. The molecule has 7 nitrogen and oxygen atoms in total. The van der Waals surface area contributed by atoms with Gasteiger partial charge in [-0.3, -0.25) is 9.59 Å². The number of rotatable bonds is 5. The number of methoxy groups -OCH3 is 1. The average Bonchev–Trinajstić information content (AvgIpc) is 2.71. The van der Waals surface area contributed by atoms with Gasteiger partial charge in [-0.25, -0.2) is 0 Å². The van der Waals surface area contributed by atoms with Crippen LogP contribution in [0.1, 0.15) is 25.3 Å². The molecule has 1 unspecified atom stereocenters. The van der Waals surface area contributed by atoms with Crippen molar-refractivity contribution in [1.82, 2.24) is 4.90 Å². The number of fused-ring (bicyclic) bond motifs is 1. The molecule has 0 aliphatic carbocycles. The summed E-state index contributed by atoms with van der Waals surface area (Å²) in [6.07, 6.45) is 4.78. The van der Waals surface area contributed by atoms with Gasteiger partial charge < -0.3 is 23.8 Å². The van der Waals surface area contributed by atoms with Crippen LogP contribution in [0.4, 0.5) is 0 Å². The standard InChI is InChI=1S/C20H25NO6/c1-3-25-20(23)15-5-4-8-21(13-15)18(22)7-6-14-11-16(24-2)19-17(12-14)26-9-10-27-19/h6-7,11-12,15H,3-5,8-10,13H2,1-2H3/b7-6+. The number of ether oxygens (including phenoxy) is 4. The van der Waals surface area contributed by atoms with Gasteiger partial charge in [0.25, 0.3) is 0 Å². The van der Waals surface area contributed by atoms with Crippen molar-refractivity contribution in [1.29, 1.82) is 0 Å². The summed E-state index contributed by atoms with van der Waals surface area (Å²) in [6, 6.07) is 3.62. The van der Waals surface area contributed by atoms with E-state index in [0.717, 1.165) is 18.4 Å². The van der Waals surface area contributed by atoms with E-state index in [1.165, 1.54) is 6.08 Å². The second-order valence-electron chi connectivity index (χ2n) is 6.46. The molecule has 3 rings (SSSR count). The molecule has 0 bridgehead atoms.